The van der Waals surface area contributed by atoms with E-state index in [1.165, 1.54) is 13.2 Å². The fraction of sp³-hybridized carbons (Fsp3) is 0.704. The van der Waals surface area contributed by atoms with E-state index in [1.54, 1.807) is 19.1 Å². The number of carboxylic acids is 1. The molecular weight excluding hydrogens is 546 g/mol. The Balaban J connectivity index is 1.89. The van der Waals surface area contributed by atoms with Gasteiger partial charge in [-0.1, -0.05) is 18.2 Å². The molecular formula is C27H41NO13. The number of hydrogen-bond acceptors (Lipinski definition) is 13. The summed E-state index contributed by atoms with van der Waals surface area (Å²) in [5.41, 5.74) is 0.133. The van der Waals surface area contributed by atoms with Gasteiger partial charge >= 0.3 is 5.97 Å². The minimum Gasteiger partial charge on any atom is -0.550 e. The lowest BCUT2D eigenvalue weighted by molar-refractivity contribution is -0.911. The number of carbonyl (C=O) groups excluding carboxylic acids is 2. The number of aliphatic hydroxyl groups is 5. The molecule has 6 N–H and O–H groups in total. The van der Waals surface area contributed by atoms with Crippen LogP contribution in [0.2, 0.25) is 0 Å². The molecule has 10 atom stereocenters. The fourth-order valence-corrected chi connectivity index (χ4v) is 5.62. The van der Waals surface area contributed by atoms with Gasteiger partial charge in [-0.25, -0.2) is 4.79 Å². The smallest absolute Gasteiger partial charge is 0.337 e. The van der Waals surface area contributed by atoms with Crippen LogP contribution in [0.25, 0.3) is 0 Å². The van der Waals surface area contributed by atoms with Crippen molar-refractivity contribution in [3.8, 4) is 0 Å². The summed E-state index contributed by atoms with van der Waals surface area (Å²) in [6, 6.07) is 0. The third-order valence-corrected chi connectivity index (χ3v) is 7.73. The monoisotopic (exact) mass is 587 g/mol. The van der Waals surface area contributed by atoms with Gasteiger partial charge in [-0.3, -0.25) is 0 Å². The molecule has 3 rings (SSSR count). The third-order valence-electron chi connectivity index (χ3n) is 7.73. The van der Waals surface area contributed by atoms with E-state index >= 15 is 0 Å². The second kappa shape index (κ2) is 14.7. The summed E-state index contributed by atoms with van der Waals surface area (Å²) in [6.45, 7) is 5.88. The highest BCUT2D eigenvalue weighted by Crippen LogP contribution is 2.38. The number of quaternary nitrogens is 1. The first-order chi connectivity index (χ1) is 19.5. The molecule has 232 valence electrons. The molecule has 0 saturated carbocycles. The van der Waals surface area contributed by atoms with E-state index in [0.29, 0.717) is 26.1 Å². The van der Waals surface area contributed by atoms with Crippen molar-refractivity contribution in [3.63, 3.8) is 0 Å². The first-order valence-corrected chi connectivity index (χ1v) is 13.6. The predicted octanol–water partition coefficient (Wildman–Crippen LogP) is -4.18. The number of carbonyl (C=O) groups is 2. The van der Waals surface area contributed by atoms with Crippen molar-refractivity contribution < 1.29 is 68.8 Å². The average molecular weight is 588 g/mol. The Morgan fingerprint density at radius 2 is 1.98 bits per heavy atom. The van der Waals surface area contributed by atoms with Gasteiger partial charge in [-0.15, -0.1) is 6.58 Å². The van der Waals surface area contributed by atoms with Crippen LogP contribution in [-0.4, -0.2) is 121 Å². The van der Waals surface area contributed by atoms with Crippen molar-refractivity contribution in [2.45, 2.75) is 50.0 Å². The van der Waals surface area contributed by atoms with E-state index in [0.717, 1.165) is 11.2 Å². The van der Waals surface area contributed by atoms with E-state index in [9.17, 15) is 40.2 Å². The molecule has 0 aromatic heterocycles. The maximum atomic E-state index is 12.6. The van der Waals surface area contributed by atoms with Crippen molar-refractivity contribution in [1.82, 2.24) is 0 Å². The zero-order valence-electron chi connectivity index (χ0n) is 23.2. The van der Waals surface area contributed by atoms with Gasteiger partial charge in [0.05, 0.1) is 57.1 Å². The molecule has 3 aliphatic rings. The summed E-state index contributed by atoms with van der Waals surface area (Å²) < 4.78 is 27.6. The zero-order valence-corrected chi connectivity index (χ0v) is 23.2. The molecule has 10 unspecified atom stereocenters. The molecule has 14 nitrogen and oxygen atoms in total. The molecule has 0 radical (unpaired) electrons. The lowest BCUT2D eigenvalue weighted by Gasteiger charge is -2.47. The molecule has 41 heavy (non-hydrogen) atoms. The van der Waals surface area contributed by atoms with E-state index in [1.807, 2.05) is 0 Å². The average Bonchev–Trinajstić information content (AvgIpc) is 2.95. The molecule has 0 bridgehead atoms. The fourth-order valence-electron chi connectivity index (χ4n) is 5.62. The van der Waals surface area contributed by atoms with Gasteiger partial charge in [0.2, 0.25) is 12.1 Å². The summed E-state index contributed by atoms with van der Waals surface area (Å²) >= 11 is 0. The second-order valence-corrected chi connectivity index (χ2v) is 10.4. The summed E-state index contributed by atoms with van der Waals surface area (Å²) in [5.74, 6) is -7.07. The van der Waals surface area contributed by atoms with Crippen molar-refractivity contribution in [3.05, 3.63) is 36.6 Å². The number of aliphatic carboxylic acids is 1. The Labute approximate surface area is 238 Å². The highest BCUT2D eigenvalue weighted by molar-refractivity contribution is 5.89. The van der Waals surface area contributed by atoms with Crippen LogP contribution >= 0.6 is 0 Å². The number of allylic oxidation sites excluding steroid dienone is 1. The van der Waals surface area contributed by atoms with Crippen LogP contribution in [0.1, 0.15) is 13.3 Å². The van der Waals surface area contributed by atoms with Gasteiger partial charge in [0, 0.05) is 24.4 Å². The van der Waals surface area contributed by atoms with Crippen LogP contribution in [0.4, 0.5) is 0 Å². The van der Waals surface area contributed by atoms with Gasteiger partial charge in [0.25, 0.3) is 0 Å². The molecule has 3 aliphatic heterocycles. The molecule has 0 aromatic rings. The van der Waals surface area contributed by atoms with Gasteiger partial charge in [0.1, 0.15) is 18.8 Å². The number of piperidine rings is 1. The Morgan fingerprint density at radius 3 is 2.56 bits per heavy atom. The number of methoxy groups -OCH3 is 1. The largest absolute Gasteiger partial charge is 0.550 e. The van der Waals surface area contributed by atoms with E-state index in [2.05, 4.69) is 6.58 Å². The van der Waals surface area contributed by atoms with Crippen molar-refractivity contribution >= 4 is 11.9 Å². The van der Waals surface area contributed by atoms with E-state index < -0.39 is 73.0 Å². The minimum absolute atomic E-state index is 0.00493. The standard InChI is InChI=1S/C27H41NO13/c1-4-17-18(7-6-15-10-16(23(32)33)12-28(11-15)8-9-29)19(24(34)37-3)14-39-25(17)41-26-22(38-5-2)27(35,36)21(31)20(13-30)40-26/h4,6-7,14-18,20-22,25-26,29-31,35-36H,1,5,8-13H2,2-3H3,(H,32,33). The van der Waals surface area contributed by atoms with Crippen LogP contribution in [0.3, 0.4) is 0 Å². The summed E-state index contributed by atoms with van der Waals surface area (Å²) in [5, 5.41) is 62.1. The molecule has 0 amide bonds. The quantitative estimate of drug-likeness (QED) is 0.0728. The van der Waals surface area contributed by atoms with Gasteiger partial charge in [-0.2, -0.15) is 0 Å². The maximum Gasteiger partial charge on any atom is 0.337 e. The van der Waals surface area contributed by atoms with Gasteiger partial charge < -0.3 is 64.0 Å². The number of likely N-dealkylation sites (tertiary alicyclic amines) is 1. The molecule has 0 aliphatic carbocycles. The number of aliphatic hydroxyl groups excluding tert-OH is 3. The van der Waals surface area contributed by atoms with Gasteiger partial charge in [-0.05, 0) is 13.3 Å². The second-order valence-electron chi connectivity index (χ2n) is 10.4. The minimum atomic E-state index is -2.84. The molecule has 14 heteroatoms. The normalized spacial score (nSPS) is 37.2. The van der Waals surface area contributed by atoms with Crippen molar-refractivity contribution in [2.24, 2.45) is 23.7 Å². The Bertz CT molecular complexity index is 969. The highest BCUT2D eigenvalue weighted by Gasteiger charge is 2.57. The Morgan fingerprint density at radius 1 is 1.24 bits per heavy atom. The third kappa shape index (κ3) is 7.52. The molecule has 2 saturated heterocycles. The Kier molecular flexibility index (Phi) is 11.8. The van der Waals surface area contributed by atoms with Crippen molar-refractivity contribution in [1.29, 1.82) is 0 Å². The van der Waals surface area contributed by atoms with Crippen LogP contribution in [0, 0.1) is 23.7 Å². The number of ether oxygens (including phenoxy) is 5. The van der Waals surface area contributed by atoms with E-state index in [-0.39, 0.29) is 24.7 Å². The first-order valence-electron chi connectivity index (χ1n) is 13.6. The topological polar surface area (TPSA) is 209 Å². The lowest BCUT2D eigenvalue weighted by atomic mass is 9.81. The SMILES string of the molecule is C=CC1C(OC2OC(CO)C(O)C(O)(O)C2OCC)OC=C(C(=O)OC)C1C=CC1CC(C(=O)[O-])C[NH+](CCO)C1. The van der Waals surface area contributed by atoms with Crippen LogP contribution in [0.5, 0.6) is 0 Å². The Hall–Kier alpha value is -2.40. The van der Waals surface area contributed by atoms with Crippen LogP contribution < -0.4 is 10.0 Å². The maximum absolute atomic E-state index is 12.6. The number of carboxylic acid groups (broad SMARTS) is 1. The zero-order chi connectivity index (χ0) is 30.3. The van der Waals surface area contributed by atoms with E-state index in [4.69, 9.17) is 23.7 Å². The highest BCUT2D eigenvalue weighted by atomic mass is 16.8. The molecule has 0 aromatic carbocycles. The van der Waals surface area contributed by atoms with Crippen molar-refractivity contribution in [2.75, 3.05) is 46.6 Å². The summed E-state index contributed by atoms with van der Waals surface area (Å²) in [6.07, 6.45) is -1.16. The van der Waals surface area contributed by atoms with Crippen LogP contribution in [-0.2, 0) is 33.3 Å². The first kappa shape index (κ1) is 33.1. The summed E-state index contributed by atoms with van der Waals surface area (Å²) in [7, 11) is 1.21. The van der Waals surface area contributed by atoms with Crippen LogP contribution in [0.15, 0.2) is 36.6 Å². The number of esters is 1. The number of hydrogen-bond donors (Lipinski definition) is 6. The molecule has 3 heterocycles. The number of rotatable bonds is 12. The predicted molar refractivity (Wildman–Crippen MR) is 136 cm³/mol. The summed E-state index contributed by atoms with van der Waals surface area (Å²) in [4.78, 5) is 25.2. The molecule has 2 fully saturated rings. The van der Waals surface area contributed by atoms with Gasteiger partial charge in [0.15, 0.2) is 12.4 Å². The lowest BCUT2D eigenvalue weighted by Crippen LogP contribution is -3.15. The molecule has 0 spiro atoms. The number of nitrogens with one attached hydrogen (secondary N) is 1.